The van der Waals surface area contributed by atoms with Gasteiger partial charge >= 0.3 is 0 Å². The van der Waals surface area contributed by atoms with E-state index in [2.05, 4.69) is 20.9 Å². The Hall–Kier alpha value is -4.77. The number of amidine groups is 1. The van der Waals surface area contributed by atoms with Crippen LogP contribution in [0.2, 0.25) is 0 Å². The van der Waals surface area contributed by atoms with Crippen molar-refractivity contribution in [1.29, 1.82) is 10.8 Å². The number of fused-ring (bicyclic) bond motifs is 1. The number of carbonyl (C=O) groups excluding carboxylic acids is 2. The molecule has 0 spiro atoms. The van der Waals surface area contributed by atoms with Gasteiger partial charge in [0.25, 0.3) is 11.9 Å². The first kappa shape index (κ1) is 26.3. The second-order valence-electron chi connectivity index (χ2n) is 8.31. The molecule has 0 bridgehead atoms. The number of benzene rings is 2. The van der Waals surface area contributed by atoms with E-state index in [1.807, 2.05) is 53.4 Å². The molecule has 2 aliphatic rings. The van der Waals surface area contributed by atoms with Crippen LogP contribution in [0.3, 0.4) is 0 Å². The van der Waals surface area contributed by atoms with Crippen LogP contribution in [0.4, 0.5) is 5.69 Å². The lowest BCUT2D eigenvalue weighted by Crippen LogP contribution is -2.44. The van der Waals surface area contributed by atoms with Gasteiger partial charge in [0, 0.05) is 24.2 Å². The SMILES string of the molecule is C/C=C\C(C(=N)OC(=N)NC1N=C(c2ccccc2)c2ccccc2NC1=O)=C(/NC=O)N1CCOCC1. The van der Waals surface area contributed by atoms with E-state index in [4.69, 9.17) is 20.3 Å². The molecule has 0 radical (unpaired) electrons. The van der Waals surface area contributed by atoms with Gasteiger partial charge in [0.05, 0.1) is 30.2 Å². The van der Waals surface area contributed by atoms with Crippen LogP contribution >= 0.6 is 0 Å². The largest absolute Gasteiger partial charge is 0.407 e. The monoisotopic (exact) mass is 515 g/mol. The second kappa shape index (κ2) is 12.5. The van der Waals surface area contributed by atoms with E-state index in [1.165, 1.54) is 0 Å². The first-order chi connectivity index (χ1) is 18.5. The number of hydrogen-bond acceptors (Lipinski definition) is 8. The summed E-state index contributed by atoms with van der Waals surface area (Å²) in [7, 11) is 0. The number of morpholine rings is 1. The van der Waals surface area contributed by atoms with Crippen LogP contribution in [0.5, 0.6) is 0 Å². The molecule has 5 N–H and O–H groups in total. The van der Waals surface area contributed by atoms with E-state index in [1.54, 1.807) is 25.1 Å². The molecule has 11 nitrogen and oxygen atoms in total. The average molecular weight is 516 g/mol. The third kappa shape index (κ3) is 6.13. The molecule has 1 unspecified atom stereocenters. The fraction of sp³-hybridized carbons (Fsp3) is 0.222. The van der Waals surface area contributed by atoms with Crippen molar-refractivity contribution in [2.75, 3.05) is 31.6 Å². The Bertz CT molecular complexity index is 1300. The number of ether oxygens (including phenoxy) is 2. The fourth-order valence-corrected chi connectivity index (χ4v) is 4.10. The van der Waals surface area contributed by atoms with Gasteiger partial charge in [-0.3, -0.25) is 20.4 Å². The Labute approximate surface area is 220 Å². The first-order valence-corrected chi connectivity index (χ1v) is 12.1. The molecule has 0 saturated carbocycles. The van der Waals surface area contributed by atoms with E-state index in [0.29, 0.717) is 49.9 Å². The molecule has 2 aliphatic heterocycles. The van der Waals surface area contributed by atoms with Crippen molar-refractivity contribution >= 4 is 35.6 Å². The molecule has 2 aromatic carbocycles. The van der Waals surface area contributed by atoms with Gasteiger partial charge in [-0.1, -0.05) is 60.7 Å². The Morgan fingerprint density at radius 2 is 1.84 bits per heavy atom. The molecule has 2 aromatic rings. The van der Waals surface area contributed by atoms with Crippen LogP contribution in [0.1, 0.15) is 18.1 Å². The summed E-state index contributed by atoms with van der Waals surface area (Å²) in [6.07, 6.45) is 2.64. The van der Waals surface area contributed by atoms with Crippen molar-refractivity contribution in [3.63, 3.8) is 0 Å². The highest BCUT2D eigenvalue weighted by Crippen LogP contribution is 2.23. The van der Waals surface area contributed by atoms with Crippen LogP contribution < -0.4 is 16.0 Å². The van der Waals surface area contributed by atoms with Crippen molar-refractivity contribution in [2.45, 2.75) is 13.1 Å². The molecular formula is C27H29N7O4. The third-order valence-corrected chi connectivity index (χ3v) is 5.82. The predicted molar refractivity (Wildman–Crippen MR) is 144 cm³/mol. The third-order valence-electron chi connectivity index (χ3n) is 5.82. The zero-order valence-corrected chi connectivity index (χ0v) is 20.9. The quantitative estimate of drug-likeness (QED) is 0.165. The maximum Gasteiger partial charge on any atom is 0.290 e. The van der Waals surface area contributed by atoms with E-state index < -0.39 is 18.1 Å². The van der Waals surface area contributed by atoms with Gasteiger partial charge in [0.1, 0.15) is 5.82 Å². The molecule has 11 heteroatoms. The summed E-state index contributed by atoms with van der Waals surface area (Å²) in [5.74, 6) is -0.503. The Morgan fingerprint density at radius 1 is 1.13 bits per heavy atom. The molecule has 4 rings (SSSR count). The number of benzodiazepines with no additional fused rings is 1. The maximum atomic E-state index is 13.0. The summed E-state index contributed by atoms with van der Waals surface area (Å²) in [5, 5.41) is 25.1. The lowest BCUT2D eigenvalue weighted by atomic mass is 10.0. The predicted octanol–water partition coefficient (Wildman–Crippen LogP) is 2.19. The van der Waals surface area contributed by atoms with Gasteiger partial charge in [0.2, 0.25) is 18.5 Å². The molecule has 0 aromatic heterocycles. The zero-order valence-electron chi connectivity index (χ0n) is 20.9. The highest BCUT2D eigenvalue weighted by Gasteiger charge is 2.27. The smallest absolute Gasteiger partial charge is 0.290 e. The molecule has 196 valence electrons. The molecule has 0 aliphatic carbocycles. The first-order valence-electron chi connectivity index (χ1n) is 12.1. The lowest BCUT2D eigenvalue weighted by molar-refractivity contribution is -0.117. The Balaban J connectivity index is 1.59. The van der Waals surface area contributed by atoms with Crippen molar-refractivity contribution in [3.05, 3.63) is 89.3 Å². The number of nitrogens with zero attached hydrogens (tertiary/aromatic N) is 2. The number of rotatable bonds is 7. The van der Waals surface area contributed by atoms with E-state index in [9.17, 15) is 9.59 Å². The van der Waals surface area contributed by atoms with Crippen molar-refractivity contribution < 1.29 is 19.1 Å². The summed E-state index contributed by atoms with van der Waals surface area (Å²) in [4.78, 5) is 30.9. The fourth-order valence-electron chi connectivity index (χ4n) is 4.10. The normalized spacial score (nSPS) is 17.8. The lowest BCUT2D eigenvalue weighted by Gasteiger charge is -2.31. The van der Waals surface area contributed by atoms with Gasteiger partial charge < -0.3 is 30.3 Å². The number of hydrogen-bond donors (Lipinski definition) is 5. The van der Waals surface area contributed by atoms with Gasteiger partial charge in [0.15, 0.2) is 0 Å². The number of anilines is 1. The van der Waals surface area contributed by atoms with Crippen LogP contribution in [0, 0.1) is 10.8 Å². The number of carbonyl (C=O) groups is 2. The zero-order chi connectivity index (χ0) is 26.9. The molecule has 2 amide bonds. The van der Waals surface area contributed by atoms with Gasteiger partial charge in [-0.25, -0.2) is 4.99 Å². The minimum absolute atomic E-state index is 0.263. The van der Waals surface area contributed by atoms with Crippen LogP contribution in [0.25, 0.3) is 0 Å². The minimum atomic E-state index is -1.20. The van der Waals surface area contributed by atoms with E-state index in [-0.39, 0.29) is 11.5 Å². The van der Waals surface area contributed by atoms with Gasteiger partial charge in [-0.05, 0) is 13.0 Å². The molecule has 1 saturated heterocycles. The molecule has 1 atom stereocenters. The van der Waals surface area contributed by atoms with Crippen molar-refractivity contribution in [3.8, 4) is 0 Å². The summed E-state index contributed by atoms with van der Waals surface area (Å²) >= 11 is 0. The number of nitrogens with one attached hydrogen (secondary N) is 5. The van der Waals surface area contributed by atoms with E-state index in [0.717, 1.165) is 11.1 Å². The highest BCUT2D eigenvalue weighted by atomic mass is 16.5. The van der Waals surface area contributed by atoms with Crippen molar-refractivity contribution in [2.24, 2.45) is 4.99 Å². The number of aliphatic imine (C=N–C) groups is 1. The van der Waals surface area contributed by atoms with Crippen LogP contribution in [-0.4, -0.2) is 67.3 Å². The van der Waals surface area contributed by atoms with Crippen LogP contribution in [0.15, 0.2) is 83.1 Å². The summed E-state index contributed by atoms with van der Waals surface area (Å²) in [6.45, 7) is 3.74. The second-order valence-corrected chi connectivity index (χ2v) is 8.31. The molecule has 1 fully saturated rings. The summed E-state index contributed by atoms with van der Waals surface area (Å²) in [6, 6.07) is 16.2. The molecule has 38 heavy (non-hydrogen) atoms. The standard InChI is InChI=1S/C27H29N7O4/c1-2-8-20(25(30-17-35)34-13-15-37-16-14-34)23(28)38-27(29)33-24-26(36)31-21-12-7-6-11-19(21)22(32-24)18-9-4-3-5-10-18/h2-12,17,24,28H,13-16H2,1H3,(H2,29,33)(H,30,35)(H,31,36)/b8-2-,25-20-,28-23?. The summed E-state index contributed by atoms with van der Waals surface area (Å²) < 4.78 is 10.9. The number of allylic oxidation sites excluding steroid dienone is 1. The van der Waals surface area contributed by atoms with E-state index >= 15 is 0 Å². The summed E-state index contributed by atoms with van der Waals surface area (Å²) in [5.41, 5.74) is 2.97. The highest BCUT2D eigenvalue weighted by molar-refractivity contribution is 6.19. The Kier molecular flexibility index (Phi) is 8.62. The number of amides is 2. The molecule has 2 heterocycles. The van der Waals surface area contributed by atoms with Gasteiger partial charge in [-0.15, -0.1) is 0 Å². The maximum absolute atomic E-state index is 13.0. The Morgan fingerprint density at radius 3 is 2.55 bits per heavy atom. The average Bonchev–Trinajstić information content (AvgIpc) is 3.07. The van der Waals surface area contributed by atoms with Crippen LogP contribution in [-0.2, 0) is 19.1 Å². The van der Waals surface area contributed by atoms with Gasteiger partial charge in [-0.2, -0.15) is 0 Å². The van der Waals surface area contributed by atoms with Crippen molar-refractivity contribution in [1.82, 2.24) is 15.5 Å². The topological polar surface area (TPSA) is 152 Å². The number of para-hydroxylation sites is 1. The minimum Gasteiger partial charge on any atom is -0.407 e. The molecular weight excluding hydrogens is 486 g/mol.